The van der Waals surface area contributed by atoms with E-state index in [2.05, 4.69) is 20.4 Å². The highest BCUT2D eigenvalue weighted by Gasteiger charge is 2.82. The van der Waals surface area contributed by atoms with Gasteiger partial charge in [-0.2, -0.15) is 0 Å². The van der Waals surface area contributed by atoms with Crippen LogP contribution in [0, 0.1) is 87.8 Å². The van der Waals surface area contributed by atoms with Crippen LogP contribution in [0.3, 0.4) is 0 Å². The third-order valence-corrected chi connectivity index (χ3v) is 14.3. The van der Waals surface area contributed by atoms with E-state index in [9.17, 15) is 4.79 Å². The molecule has 0 radical (unpaired) electrons. The van der Waals surface area contributed by atoms with Gasteiger partial charge in [0.1, 0.15) is 0 Å². The van der Waals surface area contributed by atoms with E-state index in [-0.39, 0.29) is 5.97 Å². The zero-order chi connectivity index (χ0) is 22.3. The van der Waals surface area contributed by atoms with Crippen molar-refractivity contribution in [1.82, 2.24) is 0 Å². The van der Waals surface area contributed by atoms with Crippen LogP contribution in [-0.4, -0.2) is 12.6 Å². The predicted molar refractivity (Wildman–Crippen MR) is 129 cm³/mol. The van der Waals surface area contributed by atoms with Crippen molar-refractivity contribution in [3.8, 4) is 0 Å². The number of fused-ring (bicyclic) bond motifs is 23. The fourth-order valence-corrected chi connectivity index (χ4v) is 14.2. The zero-order valence-electron chi connectivity index (χ0n) is 20.9. The lowest BCUT2D eigenvalue weighted by molar-refractivity contribution is -0.164. The molecule has 8 bridgehead atoms. The molecule has 0 amide bonds. The molecule has 0 aliphatic heterocycles. The van der Waals surface area contributed by atoms with Crippen molar-refractivity contribution in [3.63, 3.8) is 0 Å². The van der Waals surface area contributed by atoms with Crippen molar-refractivity contribution < 1.29 is 9.53 Å². The van der Waals surface area contributed by atoms with Crippen LogP contribution in [0.25, 0.3) is 0 Å². The fourth-order valence-electron chi connectivity index (χ4n) is 14.2. The van der Waals surface area contributed by atoms with E-state index >= 15 is 0 Å². The Labute approximate surface area is 200 Å². The number of carbonyl (C=O) groups excluding carboxylic acids is 1. The molecule has 15 atom stereocenters. The van der Waals surface area contributed by atoms with E-state index in [1.54, 1.807) is 6.42 Å². The summed E-state index contributed by atoms with van der Waals surface area (Å²) in [6.07, 6.45) is 16.2. The first-order valence-corrected chi connectivity index (χ1v) is 14.8. The van der Waals surface area contributed by atoms with Gasteiger partial charge in [0.25, 0.3) is 0 Å². The quantitative estimate of drug-likeness (QED) is 0.255. The number of carbonyl (C=O) groups is 1. The predicted octanol–water partition coefficient (Wildman–Crippen LogP) is 6.75. The standard InChI is InChI=1S/C31H44O2/c1-4-6-9-30(3)14-18-11-21(30)28-23-13-20(26(18)28)29-19-12-22(31(23,29)15-33-24(32)5-2)27-17-8-7-16(10-17)25(19)27/h5,16-23,25-29H,2,4,6-15H2,1,3H3. The number of esters is 1. The van der Waals surface area contributed by atoms with E-state index in [1.165, 1.54) is 63.9 Å². The molecular formula is C31H44O2. The summed E-state index contributed by atoms with van der Waals surface area (Å²) in [5.41, 5.74) is 0.921. The van der Waals surface area contributed by atoms with Crippen LogP contribution in [0.1, 0.15) is 78.1 Å². The Kier molecular flexibility index (Phi) is 4.02. The van der Waals surface area contributed by atoms with Crippen LogP contribution < -0.4 is 0 Å². The lowest BCUT2D eigenvalue weighted by Crippen LogP contribution is -2.57. The van der Waals surface area contributed by atoms with Gasteiger partial charge in [-0.1, -0.05) is 33.3 Å². The highest BCUT2D eigenvalue weighted by molar-refractivity contribution is 5.81. The van der Waals surface area contributed by atoms with Crippen LogP contribution >= 0.6 is 0 Å². The molecule has 15 unspecified atom stereocenters. The zero-order valence-corrected chi connectivity index (χ0v) is 20.9. The average molecular weight is 449 g/mol. The Morgan fingerprint density at radius 1 is 0.939 bits per heavy atom. The van der Waals surface area contributed by atoms with E-state index in [4.69, 9.17) is 4.74 Å². The minimum absolute atomic E-state index is 0.171. The Morgan fingerprint density at radius 2 is 1.64 bits per heavy atom. The lowest BCUT2D eigenvalue weighted by Gasteiger charge is -2.58. The number of hydrogen-bond donors (Lipinski definition) is 0. The van der Waals surface area contributed by atoms with Gasteiger partial charge < -0.3 is 4.74 Å². The molecule has 0 aromatic heterocycles. The minimum atomic E-state index is -0.171. The lowest BCUT2D eigenvalue weighted by atomic mass is 9.46. The maximum atomic E-state index is 12.4. The van der Waals surface area contributed by atoms with Gasteiger partial charge in [-0.3, -0.25) is 0 Å². The van der Waals surface area contributed by atoms with Gasteiger partial charge in [-0.05, 0) is 134 Å². The van der Waals surface area contributed by atoms with Crippen LogP contribution in [0.2, 0.25) is 0 Å². The minimum Gasteiger partial charge on any atom is -0.462 e. The van der Waals surface area contributed by atoms with Gasteiger partial charge in [-0.15, -0.1) is 0 Å². The summed E-state index contributed by atoms with van der Waals surface area (Å²) in [7, 11) is 0. The average Bonchev–Trinajstić information content (AvgIpc) is 3.64. The van der Waals surface area contributed by atoms with Gasteiger partial charge in [0.15, 0.2) is 0 Å². The van der Waals surface area contributed by atoms with Gasteiger partial charge >= 0.3 is 5.97 Å². The van der Waals surface area contributed by atoms with Crippen LogP contribution in [-0.2, 0) is 9.53 Å². The fraction of sp³-hybridized carbons (Fsp3) is 0.903. The Balaban J connectivity index is 1.19. The Bertz CT molecular complexity index is 893. The third kappa shape index (κ3) is 2.19. The number of hydrogen-bond acceptors (Lipinski definition) is 2. The second-order valence-electron chi connectivity index (χ2n) is 14.7. The maximum Gasteiger partial charge on any atom is 0.330 e. The first kappa shape index (κ1) is 20.4. The van der Waals surface area contributed by atoms with Crippen LogP contribution in [0.4, 0.5) is 0 Å². The van der Waals surface area contributed by atoms with Crippen LogP contribution in [0.15, 0.2) is 12.7 Å². The van der Waals surface area contributed by atoms with Crippen molar-refractivity contribution in [2.24, 2.45) is 87.8 Å². The van der Waals surface area contributed by atoms with E-state index < -0.39 is 0 Å². The molecule has 180 valence electrons. The molecule has 0 heterocycles. The van der Waals surface area contributed by atoms with Gasteiger partial charge in [0, 0.05) is 11.5 Å². The summed E-state index contributed by atoms with van der Waals surface area (Å²) in [6.45, 7) is 9.50. The number of rotatable bonds is 6. The number of ether oxygens (including phenoxy) is 1. The molecule has 0 aromatic carbocycles. The molecule has 2 nitrogen and oxygen atoms in total. The molecule has 0 saturated heterocycles. The Hall–Kier alpha value is -0.790. The molecule has 0 spiro atoms. The molecule has 8 aliphatic rings. The molecule has 8 rings (SSSR count). The number of unbranched alkanes of at least 4 members (excludes halogenated alkanes) is 1. The van der Waals surface area contributed by atoms with Crippen LogP contribution in [0.5, 0.6) is 0 Å². The SMILES string of the molecule is C=CC(=O)OCC12C3CC(C4C5CCC(C5)C43)C1C1CC2C2C1C1CC2C(C)(CCCC)C1. The third-order valence-electron chi connectivity index (χ3n) is 14.3. The summed E-state index contributed by atoms with van der Waals surface area (Å²) in [4.78, 5) is 12.4. The van der Waals surface area contributed by atoms with Gasteiger partial charge in [-0.25, -0.2) is 4.79 Å². The first-order valence-electron chi connectivity index (χ1n) is 14.8. The summed E-state index contributed by atoms with van der Waals surface area (Å²) in [5, 5.41) is 0. The van der Waals surface area contributed by atoms with E-state index in [0.29, 0.717) is 10.8 Å². The summed E-state index contributed by atoms with van der Waals surface area (Å²) >= 11 is 0. The van der Waals surface area contributed by atoms with Crippen molar-refractivity contribution in [2.75, 3.05) is 6.61 Å². The largest absolute Gasteiger partial charge is 0.462 e. The maximum absolute atomic E-state index is 12.4. The van der Waals surface area contributed by atoms with E-state index in [1.807, 2.05) is 0 Å². The highest BCUT2D eigenvalue weighted by Crippen LogP contribution is 2.86. The van der Waals surface area contributed by atoms with E-state index in [0.717, 1.165) is 83.5 Å². The molecule has 8 saturated carbocycles. The molecule has 0 aromatic rings. The molecule has 8 aliphatic carbocycles. The molecular weight excluding hydrogens is 404 g/mol. The molecule has 8 fully saturated rings. The normalized spacial score (nSPS) is 62.1. The van der Waals surface area contributed by atoms with Crippen molar-refractivity contribution >= 4 is 5.97 Å². The van der Waals surface area contributed by atoms with Gasteiger partial charge in [0.2, 0.25) is 0 Å². The molecule has 2 heteroatoms. The Morgan fingerprint density at radius 3 is 2.36 bits per heavy atom. The van der Waals surface area contributed by atoms with Crippen molar-refractivity contribution in [1.29, 1.82) is 0 Å². The summed E-state index contributed by atoms with van der Waals surface area (Å²) < 4.78 is 6.10. The van der Waals surface area contributed by atoms with Gasteiger partial charge in [0.05, 0.1) is 6.61 Å². The summed E-state index contributed by atoms with van der Waals surface area (Å²) in [6, 6.07) is 0. The molecule has 33 heavy (non-hydrogen) atoms. The van der Waals surface area contributed by atoms with Crippen molar-refractivity contribution in [3.05, 3.63) is 12.7 Å². The molecule has 0 N–H and O–H groups in total. The summed E-state index contributed by atoms with van der Waals surface area (Å²) in [5.74, 6) is 12.4. The monoisotopic (exact) mass is 448 g/mol. The van der Waals surface area contributed by atoms with Crippen molar-refractivity contribution in [2.45, 2.75) is 78.1 Å². The second kappa shape index (κ2) is 6.50. The topological polar surface area (TPSA) is 26.3 Å². The smallest absolute Gasteiger partial charge is 0.330 e. The highest BCUT2D eigenvalue weighted by atomic mass is 16.5. The second-order valence-corrected chi connectivity index (χ2v) is 14.7. The first-order chi connectivity index (χ1) is 16.0.